The first-order valence-electron chi connectivity index (χ1n) is 7.65. The first-order chi connectivity index (χ1) is 10.3. The summed E-state index contributed by atoms with van der Waals surface area (Å²) in [5.41, 5.74) is 1.96. The Morgan fingerprint density at radius 3 is 2.27 bits per heavy atom. The molecule has 0 aliphatic carbocycles. The van der Waals surface area contributed by atoms with Crippen LogP contribution >= 0.6 is 0 Å². The van der Waals surface area contributed by atoms with Crippen molar-refractivity contribution < 1.29 is 17.9 Å². The SMILES string of the molecule is CCOc1cc(C)c(C)cc1S(=O)(=O)N1CC(C)OC(C)C1. The van der Waals surface area contributed by atoms with Gasteiger partial charge in [-0.1, -0.05) is 0 Å². The number of rotatable bonds is 4. The standard InChI is InChI=1S/C16H25NO4S/c1-6-20-15-7-11(2)12(3)8-16(15)22(18,19)17-9-13(4)21-14(5)10-17/h7-8,13-14H,6,9-10H2,1-5H3. The Morgan fingerprint density at radius 2 is 1.73 bits per heavy atom. The highest BCUT2D eigenvalue weighted by Crippen LogP contribution is 2.31. The zero-order valence-corrected chi connectivity index (χ0v) is 14.7. The summed E-state index contributed by atoms with van der Waals surface area (Å²) in [5.74, 6) is 0.428. The molecule has 22 heavy (non-hydrogen) atoms. The summed E-state index contributed by atoms with van der Waals surface area (Å²) in [6.07, 6.45) is -0.221. The van der Waals surface area contributed by atoms with Crippen LogP contribution in [0.1, 0.15) is 31.9 Å². The molecule has 1 fully saturated rings. The highest BCUT2D eigenvalue weighted by atomic mass is 32.2. The molecule has 1 aromatic rings. The molecule has 0 saturated carbocycles. The van der Waals surface area contributed by atoms with E-state index in [0.717, 1.165) is 11.1 Å². The van der Waals surface area contributed by atoms with Gasteiger partial charge in [-0.05, 0) is 57.9 Å². The quantitative estimate of drug-likeness (QED) is 0.852. The lowest BCUT2D eigenvalue weighted by atomic mass is 10.1. The van der Waals surface area contributed by atoms with Crippen LogP contribution in [0.15, 0.2) is 17.0 Å². The Kier molecular flexibility index (Phi) is 5.14. The number of hydrogen-bond donors (Lipinski definition) is 0. The third-order valence-corrected chi connectivity index (χ3v) is 5.72. The topological polar surface area (TPSA) is 55.8 Å². The van der Waals surface area contributed by atoms with Gasteiger partial charge in [0.05, 0.1) is 18.8 Å². The van der Waals surface area contributed by atoms with E-state index in [1.54, 1.807) is 12.1 Å². The van der Waals surface area contributed by atoms with Gasteiger partial charge < -0.3 is 9.47 Å². The normalized spacial score (nSPS) is 23.5. The molecule has 1 aromatic carbocycles. The Morgan fingerprint density at radius 1 is 1.18 bits per heavy atom. The van der Waals surface area contributed by atoms with Crippen molar-refractivity contribution in [2.24, 2.45) is 0 Å². The summed E-state index contributed by atoms with van der Waals surface area (Å²) >= 11 is 0. The maximum Gasteiger partial charge on any atom is 0.246 e. The molecule has 0 radical (unpaired) electrons. The maximum atomic E-state index is 13.0. The summed E-state index contributed by atoms with van der Waals surface area (Å²) in [6, 6.07) is 3.51. The Balaban J connectivity index is 2.46. The molecular weight excluding hydrogens is 302 g/mol. The summed E-state index contributed by atoms with van der Waals surface area (Å²) in [6.45, 7) is 10.7. The fraction of sp³-hybridized carbons (Fsp3) is 0.625. The van der Waals surface area contributed by atoms with Gasteiger partial charge in [0, 0.05) is 13.1 Å². The van der Waals surface area contributed by atoms with Crippen LogP contribution in [0.2, 0.25) is 0 Å². The largest absolute Gasteiger partial charge is 0.492 e. The molecule has 1 heterocycles. The number of benzene rings is 1. The van der Waals surface area contributed by atoms with Gasteiger partial charge in [0.25, 0.3) is 0 Å². The van der Waals surface area contributed by atoms with Crippen molar-refractivity contribution in [1.29, 1.82) is 0 Å². The summed E-state index contributed by atoms with van der Waals surface area (Å²) in [7, 11) is -3.59. The van der Waals surface area contributed by atoms with Gasteiger partial charge in [-0.25, -0.2) is 8.42 Å². The molecule has 0 spiro atoms. The van der Waals surface area contributed by atoms with Crippen LogP contribution in [-0.4, -0.2) is 44.6 Å². The van der Waals surface area contributed by atoms with E-state index in [9.17, 15) is 8.42 Å². The van der Waals surface area contributed by atoms with E-state index < -0.39 is 10.0 Å². The van der Waals surface area contributed by atoms with E-state index in [-0.39, 0.29) is 17.1 Å². The molecule has 0 N–H and O–H groups in total. The second kappa shape index (κ2) is 6.56. The molecule has 2 rings (SSSR count). The molecule has 0 amide bonds. The highest BCUT2D eigenvalue weighted by molar-refractivity contribution is 7.89. The van der Waals surface area contributed by atoms with Crippen LogP contribution in [0, 0.1) is 13.8 Å². The van der Waals surface area contributed by atoms with E-state index >= 15 is 0 Å². The number of hydrogen-bond acceptors (Lipinski definition) is 4. The summed E-state index contributed by atoms with van der Waals surface area (Å²) < 4.78 is 38.8. The molecule has 1 aliphatic heterocycles. The third-order valence-electron chi connectivity index (χ3n) is 3.86. The lowest BCUT2D eigenvalue weighted by Gasteiger charge is -2.34. The van der Waals surface area contributed by atoms with Crippen LogP contribution in [0.25, 0.3) is 0 Å². The predicted octanol–water partition coefficient (Wildman–Crippen LogP) is 2.50. The van der Waals surface area contributed by atoms with Gasteiger partial charge >= 0.3 is 0 Å². The Bertz CT molecular complexity index is 632. The minimum atomic E-state index is -3.59. The number of aryl methyl sites for hydroxylation is 2. The predicted molar refractivity (Wildman–Crippen MR) is 85.9 cm³/mol. The van der Waals surface area contributed by atoms with Gasteiger partial charge in [0.15, 0.2) is 0 Å². The molecule has 0 bridgehead atoms. The van der Waals surface area contributed by atoms with Crippen LogP contribution in [0.5, 0.6) is 5.75 Å². The van der Waals surface area contributed by atoms with E-state index in [0.29, 0.717) is 25.4 Å². The first kappa shape index (κ1) is 17.2. The molecule has 2 unspecified atom stereocenters. The molecule has 6 heteroatoms. The van der Waals surface area contributed by atoms with Crippen LogP contribution in [0.4, 0.5) is 0 Å². The third kappa shape index (κ3) is 3.45. The van der Waals surface area contributed by atoms with E-state index in [2.05, 4.69) is 0 Å². The fourth-order valence-electron chi connectivity index (χ4n) is 2.70. The average molecular weight is 327 g/mol. The van der Waals surface area contributed by atoms with E-state index in [1.807, 2.05) is 34.6 Å². The zero-order valence-electron chi connectivity index (χ0n) is 13.9. The zero-order chi connectivity index (χ0) is 16.5. The number of sulfonamides is 1. The lowest BCUT2D eigenvalue weighted by molar-refractivity contribution is -0.0441. The second-order valence-corrected chi connectivity index (χ2v) is 7.80. The van der Waals surface area contributed by atoms with Crippen molar-refractivity contribution >= 4 is 10.0 Å². The minimum Gasteiger partial charge on any atom is -0.492 e. The lowest BCUT2D eigenvalue weighted by Crippen LogP contribution is -2.48. The molecule has 1 aliphatic rings. The number of ether oxygens (including phenoxy) is 2. The van der Waals surface area contributed by atoms with Crippen LogP contribution in [0.3, 0.4) is 0 Å². The fourth-order valence-corrected chi connectivity index (χ4v) is 4.49. The molecule has 0 aromatic heterocycles. The average Bonchev–Trinajstić information content (AvgIpc) is 2.41. The van der Waals surface area contributed by atoms with Crippen molar-refractivity contribution in [2.75, 3.05) is 19.7 Å². The van der Waals surface area contributed by atoms with Crippen LogP contribution < -0.4 is 4.74 Å². The van der Waals surface area contributed by atoms with Gasteiger partial charge in [-0.15, -0.1) is 0 Å². The second-order valence-electron chi connectivity index (χ2n) is 5.90. The highest BCUT2D eigenvalue weighted by Gasteiger charge is 2.34. The van der Waals surface area contributed by atoms with E-state index in [4.69, 9.17) is 9.47 Å². The smallest absolute Gasteiger partial charge is 0.246 e. The molecule has 5 nitrogen and oxygen atoms in total. The minimum absolute atomic E-state index is 0.111. The molecule has 124 valence electrons. The van der Waals surface area contributed by atoms with Gasteiger partial charge in [-0.2, -0.15) is 4.31 Å². The van der Waals surface area contributed by atoms with Crippen molar-refractivity contribution in [2.45, 2.75) is 51.7 Å². The van der Waals surface area contributed by atoms with Crippen molar-refractivity contribution in [3.8, 4) is 5.75 Å². The Labute approximate surface area is 133 Å². The summed E-state index contributed by atoms with van der Waals surface area (Å²) in [5, 5.41) is 0. The van der Waals surface area contributed by atoms with Crippen molar-refractivity contribution in [1.82, 2.24) is 4.31 Å². The number of morpholine rings is 1. The van der Waals surface area contributed by atoms with Gasteiger partial charge in [0.1, 0.15) is 10.6 Å². The molecular formula is C16H25NO4S. The first-order valence-corrected chi connectivity index (χ1v) is 9.09. The van der Waals surface area contributed by atoms with Gasteiger partial charge in [-0.3, -0.25) is 0 Å². The molecule has 2 atom stereocenters. The number of nitrogens with zero attached hydrogens (tertiary/aromatic N) is 1. The van der Waals surface area contributed by atoms with Gasteiger partial charge in [0.2, 0.25) is 10.0 Å². The Hall–Kier alpha value is -1.11. The summed E-state index contributed by atoms with van der Waals surface area (Å²) in [4.78, 5) is 0.249. The molecule has 1 saturated heterocycles. The monoisotopic (exact) mass is 327 g/mol. The maximum absolute atomic E-state index is 13.0. The van der Waals surface area contributed by atoms with Crippen molar-refractivity contribution in [3.05, 3.63) is 23.3 Å². The van der Waals surface area contributed by atoms with E-state index in [1.165, 1.54) is 4.31 Å². The van der Waals surface area contributed by atoms with Crippen molar-refractivity contribution in [3.63, 3.8) is 0 Å². The van der Waals surface area contributed by atoms with Crippen LogP contribution in [-0.2, 0) is 14.8 Å².